The van der Waals surface area contributed by atoms with Crippen LogP contribution in [0.1, 0.15) is 28.3 Å². The monoisotopic (exact) mass is 501 g/mol. The van der Waals surface area contributed by atoms with Crippen LogP contribution in [0.15, 0.2) is 69.9 Å². The summed E-state index contributed by atoms with van der Waals surface area (Å²) >= 11 is 0. The average molecular weight is 502 g/mol. The van der Waals surface area contributed by atoms with E-state index in [-0.39, 0.29) is 5.63 Å². The second kappa shape index (κ2) is 13.1. The number of anilines is 1. The number of hydrogen-bond donors (Lipinski definition) is 4. The molecule has 0 amide bonds. The maximum Gasteiger partial charge on any atom is 0.336 e. The molecule has 0 bridgehead atoms. The SMILES string of the molecule is Cc1cc(=O)oc2cc(NCCNCCN(Cc3cccc(CN)n3)Cc3cccc(CN)n3)ccc12. The van der Waals surface area contributed by atoms with Gasteiger partial charge in [-0.25, -0.2) is 4.79 Å². The summed E-state index contributed by atoms with van der Waals surface area (Å²) < 4.78 is 5.34. The van der Waals surface area contributed by atoms with Crippen molar-refractivity contribution in [2.24, 2.45) is 11.5 Å². The van der Waals surface area contributed by atoms with E-state index in [1.54, 1.807) is 0 Å². The van der Waals surface area contributed by atoms with Crippen LogP contribution in [0.2, 0.25) is 0 Å². The lowest BCUT2D eigenvalue weighted by molar-refractivity contribution is 0.250. The Balaban J connectivity index is 1.30. The number of fused-ring (bicyclic) bond motifs is 1. The van der Waals surface area contributed by atoms with Crippen molar-refractivity contribution in [2.75, 3.05) is 31.5 Å². The van der Waals surface area contributed by atoms with E-state index in [1.807, 2.05) is 61.5 Å². The summed E-state index contributed by atoms with van der Waals surface area (Å²) in [6, 6.07) is 19.3. The van der Waals surface area contributed by atoms with Gasteiger partial charge in [0.05, 0.1) is 22.8 Å². The number of aryl methyl sites for hydroxylation is 1. The van der Waals surface area contributed by atoms with Gasteiger partial charge in [-0.15, -0.1) is 0 Å². The fourth-order valence-corrected chi connectivity index (χ4v) is 4.23. The highest BCUT2D eigenvalue weighted by Crippen LogP contribution is 2.20. The maximum absolute atomic E-state index is 11.7. The topological polar surface area (TPSA) is 135 Å². The highest BCUT2D eigenvalue weighted by atomic mass is 16.4. The van der Waals surface area contributed by atoms with E-state index in [0.717, 1.165) is 65.6 Å². The van der Waals surface area contributed by atoms with E-state index < -0.39 is 0 Å². The second-order valence-corrected chi connectivity index (χ2v) is 9.00. The van der Waals surface area contributed by atoms with Crippen molar-refractivity contribution in [1.82, 2.24) is 20.2 Å². The third-order valence-electron chi connectivity index (χ3n) is 6.11. The van der Waals surface area contributed by atoms with Gasteiger partial charge in [-0.3, -0.25) is 14.9 Å². The minimum absolute atomic E-state index is 0.330. The predicted molar refractivity (Wildman–Crippen MR) is 147 cm³/mol. The molecule has 3 aromatic heterocycles. The lowest BCUT2D eigenvalue weighted by atomic mass is 10.1. The zero-order chi connectivity index (χ0) is 26.0. The molecule has 0 saturated heterocycles. The zero-order valence-corrected chi connectivity index (χ0v) is 21.2. The first-order chi connectivity index (χ1) is 18.0. The van der Waals surface area contributed by atoms with Crippen LogP contribution in [0.3, 0.4) is 0 Å². The minimum atomic E-state index is -0.330. The van der Waals surface area contributed by atoms with E-state index in [0.29, 0.717) is 31.8 Å². The van der Waals surface area contributed by atoms with E-state index in [1.165, 1.54) is 6.07 Å². The fourth-order valence-electron chi connectivity index (χ4n) is 4.23. The summed E-state index contributed by atoms with van der Waals surface area (Å²) in [5.41, 5.74) is 17.4. The third-order valence-corrected chi connectivity index (χ3v) is 6.11. The number of benzene rings is 1. The molecule has 0 spiro atoms. The smallest absolute Gasteiger partial charge is 0.336 e. The van der Waals surface area contributed by atoms with Crippen molar-refractivity contribution < 1.29 is 4.42 Å². The first-order valence-corrected chi connectivity index (χ1v) is 12.6. The van der Waals surface area contributed by atoms with Gasteiger partial charge in [-0.2, -0.15) is 0 Å². The van der Waals surface area contributed by atoms with Gasteiger partial charge in [0, 0.05) is 75.6 Å². The van der Waals surface area contributed by atoms with Crippen LogP contribution in [-0.2, 0) is 26.2 Å². The normalized spacial score (nSPS) is 11.4. The second-order valence-electron chi connectivity index (χ2n) is 9.00. The molecule has 0 aliphatic carbocycles. The van der Waals surface area contributed by atoms with Gasteiger partial charge in [0.1, 0.15) is 5.58 Å². The lowest BCUT2D eigenvalue weighted by Gasteiger charge is -2.22. The molecule has 9 nitrogen and oxygen atoms in total. The van der Waals surface area contributed by atoms with Crippen molar-refractivity contribution >= 4 is 16.7 Å². The fraction of sp³-hybridized carbons (Fsp3) is 0.321. The molecule has 0 unspecified atom stereocenters. The van der Waals surface area contributed by atoms with Crippen LogP contribution in [0.4, 0.5) is 5.69 Å². The molecule has 3 heterocycles. The number of aromatic nitrogens is 2. The molecule has 0 fully saturated rings. The average Bonchev–Trinajstić information content (AvgIpc) is 2.90. The van der Waals surface area contributed by atoms with E-state index in [4.69, 9.17) is 15.9 Å². The first kappa shape index (κ1) is 26.4. The Kier molecular flexibility index (Phi) is 9.34. The van der Waals surface area contributed by atoms with Crippen molar-refractivity contribution in [3.63, 3.8) is 0 Å². The predicted octanol–water partition coefficient (Wildman–Crippen LogP) is 2.51. The van der Waals surface area contributed by atoms with Crippen LogP contribution in [0, 0.1) is 6.92 Å². The van der Waals surface area contributed by atoms with Crippen LogP contribution in [0.5, 0.6) is 0 Å². The van der Waals surface area contributed by atoms with Crippen LogP contribution >= 0.6 is 0 Å². The molecule has 0 aliphatic heterocycles. The molecule has 6 N–H and O–H groups in total. The Bertz CT molecular complexity index is 1320. The highest BCUT2D eigenvalue weighted by molar-refractivity contribution is 5.83. The van der Waals surface area contributed by atoms with Gasteiger partial charge in [0.2, 0.25) is 0 Å². The van der Waals surface area contributed by atoms with Gasteiger partial charge in [0.15, 0.2) is 0 Å². The largest absolute Gasteiger partial charge is 0.423 e. The standard InChI is InChI=1S/C28H35N7O2/c1-20-14-28(36)37-27-15-21(8-9-26(20)27)32-11-10-31-12-13-35(18-24-6-2-4-22(16-29)33-24)19-25-7-3-5-23(17-30)34-25/h2-9,14-15,31-32H,10-13,16-19,29-30H2,1H3. The quantitative estimate of drug-likeness (QED) is 0.161. The molecule has 0 radical (unpaired) electrons. The molecule has 0 aliphatic rings. The van der Waals surface area contributed by atoms with Crippen molar-refractivity contribution in [1.29, 1.82) is 0 Å². The molecular formula is C28H35N7O2. The number of rotatable bonds is 13. The molecule has 0 saturated carbocycles. The molecule has 9 heteroatoms. The lowest BCUT2D eigenvalue weighted by Crippen LogP contribution is -2.34. The van der Waals surface area contributed by atoms with Crippen LogP contribution in [0.25, 0.3) is 11.0 Å². The van der Waals surface area contributed by atoms with Gasteiger partial charge < -0.3 is 26.5 Å². The van der Waals surface area contributed by atoms with E-state index in [9.17, 15) is 4.79 Å². The Morgan fingerprint density at radius 1 is 0.838 bits per heavy atom. The Labute approximate surface area is 216 Å². The van der Waals surface area contributed by atoms with Crippen LogP contribution in [-0.4, -0.2) is 41.0 Å². The Hall–Kier alpha value is -3.63. The summed E-state index contributed by atoms with van der Waals surface area (Å²) in [6.07, 6.45) is 0. The molecule has 0 atom stereocenters. The third kappa shape index (κ3) is 7.68. The van der Waals surface area contributed by atoms with Crippen molar-refractivity contribution in [3.8, 4) is 0 Å². The van der Waals surface area contributed by atoms with Gasteiger partial charge in [-0.1, -0.05) is 12.1 Å². The molecule has 37 heavy (non-hydrogen) atoms. The summed E-state index contributed by atoms with van der Waals surface area (Å²) in [7, 11) is 0. The van der Waals surface area contributed by atoms with Gasteiger partial charge in [0.25, 0.3) is 0 Å². The minimum Gasteiger partial charge on any atom is -0.423 e. The molecule has 4 rings (SSSR count). The van der Waals surface area contributed by atoms with Crippen molar-refractivity contribution in [3.05, 3.63) is 99.4 Å². The molecular weight excluding hydrogens is 466 g/mol. The first-order valence-electron chi connectivity index (χ1n) is 12.6. The highest BCUT2D eigenvalue weighted by Gasteiger charge is 2.10. The summed E-state index contributed by atoms with van der Waals surface area (Å²) in [5.74, 6) is 0. The Morgan fingerprint density at radius 2 is 1.49 bits per heavy atom. The summed E-state index contributed by atoms with van der Waals surface area (Å²) in [6.45, 7) is 7.30. The number of nitrogens with zero attached hydrogens (tertiary/aromatic N) is 3. The zero-order valence-electron chi connectivity index (χ0n) is 21.2. The van der Waals surface area contributed by atoms with Gasteiger partial charge in [-0.05, 0) is 48.9 Å². The van der Waals surface area contributed by atoms with E-state index >= 15 is 0 Å². The van der Waals surface area contributed by atoms with Crippen molar-refractivity contribution in [2.45, 2.75) is 33.1 Å². The number of nitrogens with one attached hydrogen (secondary N) is 2. The summed E-state index contributed by atoms with van der Waals surface area (Å²) in [5, 5.41) is 7.83. The Morgan fingerprint density at radius 3 is 2.14 bits per heavy atom. The number of hydrogen-bond acceptors (Lipinski definition) is 9. The van der Waals surface area contributed by atoms with Gasteiger partial charge >= 0.3 is 5.63 Å². The van der Waals surface area contributed by atoms with E-state index in [2.05, 4.69) is 25.5 Å². The number of pyridine rings is 2. The maximum atomic E-state index is 11.7. The summed E-state index contributed by atoms with van der Waals surface area (Å²) in [4.78, 5) is 23.3. The number of nitrogens with two attached hydrogens (primary N) is 2. The molecule has 4 aromatic rings. The molecule has 1 aromatic carbocycles. The van der Waals surface area contributed by atoms with Crippen LogP contribution < -0.4 is 27.7 Å². The molecule has 194 valence electrons.